The van der Waals surface area contributed by atoms with E-state index in [-0.39, 0.29) is 28.6 Å². The molecule has 6 aliphatic rings. The maximum absolute atomic E-state index is 14.5. The lowest BCUT2D eigenvalue weighted by Crippen LogP contribution is -2.69. The summed E-state index contributed by atoms with van der Waals surface area (Å²) in [5.74, 6) is -2.37. The third-order valence-corrected chi connectivity index (χ3v) is 15.6. The number of aliphatic carboxylic acids is 1. The fourth-order valence-electron chi connectivity index (χ4n) is 12.2. The zero-order valence-corrected chi connectivity index (χ0v) is 28.7. The largest absolute Gasteiger partial charge is 0.481 e. The van der Waals surface area contributed by atoms with Gasteiger partial charge in [0.15, 0.2) is 0 Å². The molecule has 11 heteroatoms. The molecule has 0 amide bonds. The summed E-state index contributed by atoms with van der Waals surface area (Å²) < 4.78 is 11.4. The van der Waals surface area contributed by atoms with Gasteiger partial charge < -0.3 is 45.2 Å². The number of hydrogen-bond donors (Lipinski definition) is 7. The van der Waals surface area contributed by atoms with Gasteiger partial charge in [0.25, 0.3) is 0 Å². The molecule has 0 aromatic carbocycles. The van der Waals surface area contributed by atoms with Crippen molar-refractivity contribution in [2.24, 2.45) is 50.7 Å². The van der Waals surface area contributed by atoms with E-state index in [4.69, 9.17) is 9.47 Å². The van der Waals surface area contributed by atoms with Crippen LogP contribution in [0.2, 0.25) is 0 Å². The summed E-state index contributed by atoms with van der Waals surface area (Å²) in [4.78, 5) is 27.2. The van der Waals surface area contributed by atoms with Gasteiger partial charge in [-0.3, -0.25) is 9.59 Å². The Morgan fingerprint density at radius 3 is 2.21 bits per heavy atom. The molecule has 4 saturated carbocycles. The van der Waals surface area contributed by atoms with Gasteiger partial charge in [0.2, 0.25) is 6.29 Å². The van der Waals surface area contributed by atoms with Crippen molar-refractivity contribution in [2.45, 2.75) is 142 Å². The molecule has 1 saturated heterocycles. The fourth-order valence-corrected chi connectivity index (χ4v) is 12.2. The molecule has 11 nitrogen and oxygen atoms in total. The Morgan fingerprint density at radius 1 is 0.894 bits per heavy atom. The van der Waals surface area contributed by atoms with E-state index in [0.29, 0.717) is 44.9 Å². The molecule has 1 aliphatic heterocycles. The molecule has 0 bridgehead atoms. The van der Waals surface area contributed by atoms with E-state index in [2.05, 4.69) is 26.8 Å². The van der Waals surface area contributed by atoms with Gasteiger partial charge in [-0.1, -0.05) is 39.3 Å². The molecule has 0 aromatic heterocycles. The molecule has 16 atom stereocenters. The highest BCUT2D eigenvalue weighted by Gasteiger charge is 2.72. The number of esters is 1. The van der Waals surface area contributed by atoms with E-state index in [0.717, 1.165) is 18.4 Å². The molecule has 0 aromatic rings. The van der Waals surface area contributed by atoms with Crippen LogP contribution in [0.1, 0.15) is 99.3 Å². The van der Waals surface area contributed by atoms with Gasteiger partial charge in [-0.2, -0.15) is 0 Å². The van der Waals surface area contributed by atoms with Crippen LogP contribution in [0, 0.1) is 50.7 Å². The van der Waals surface area contributed by atoms with E-state index >= 15 is 0 Å². The zero-order chi connectivity index (χ0) is 34.7. The lowest BCUT2D eigenvalue weighted by molar-refractivity contribution is -0.299. The Morgan fingerprint density at radius 2 is 1.57 bits per heavy atom. The first kappa shape index (κ1) is 35.2. The van der Waals surface area contributed by atoms with Crippen LogP contribution in [0.25, 0.3) is 0 Å². The summed E-state index contributed by atoms with van der Waals surface area (Å²) in [5.41, 5.74) is -3.64. The predicted molar refractivity (Wildman–Crippen MR) is 168 cm³/mol. The van der Waals surface area contributed by atoms with Crippen molar-refractivity contribution in [1.82, 2.24) is 0 Å². The first-order chi connectivity index (χ1) is 21.8. The van der Waals surface area contributed by atoms with Crippen LogP contribution >= 0.6 is 0 Å². The van der Waals surface area contributed by atoms with Crippen molar-refractivity contribution in [3.05, 3.63) is 11.6 Å². The monoisotopic (exact) mass is 664 g/mol. The lowest BCUT2D eigenvalue weighted by Gasteiger charge is -2.71. The molecule has 5 aliphatic carbocycles. The van der Waals surface area contributed by atoms with Crippen LogP contribution < -0.4 is 0 Å². The van der Waals surface area contributed by atoms with E-state index in [1.807, 2.05) is 6.92 Å². The Bertz CT molecular complexity index is 1310. The first-order valence-corrected chi connectivity index (χ1v) is 17.6. The topological polar surface area (TPSA) is 194 Å². The van der Waals surface area contributed by atoms with Gasteiger partial charge in [0.1, 0.15) is 24.4 Å². The number of fused-ring (bicyclic) bond motifs is 7. The molecule has 7 N–H and O–H groups in total. The average Bonchev–Trinajstić information content (AvgIpc) is 3.01. The Balaban J connectivity index is 1.39. The average molecular weight is 665 g/mol. The quantitative estimate of drug-likeness (QED) is 0.172. The molecule has 0 unspecified atom stereocenters. The fraction of sp³-hybridized carbons (Fsp3) is 0.889. The second kappa shape index (κ2) is 11.2. The van der Waals surface area contributed by atoms with Gasteiger partial charge in [0.05, 0.1) is 29.1 Å². The van der Waals surface area contributed by atoms with Gasteiger partial charge in [-0.05, 0) is 106 Å². The van der Waals surface area contributed by atoms with Crippen LogP contribution in [-0.2, 0) is 19.1 Å². The Hall–Kier alpha value is -1.60. The first-order valence-electron chi connectivity index (χ1n) is 17.6. The lowest BCUT2D eigenvalue weighted by atomic mass is 9.33. The number of carboxylic acids is 1. The SMILES string of the molecule is C[C@@H]1CC[C@]2(C(=O)O[C@H]3O[C@@H](CO)[C@H](O)[C@@H](O)[C@H]3O)CC[C@]3(C)C(=CC[C@@H]4[C@@]5(C)CC[C@@H](O)[C@](C)(C(=O)O)[C@H]5CC[C@]43C)[C@@H]2[C@]1(C)O. The maximum atomic E-state index is 14.5. The van der Waals surface area contributed by atoms with Gasteiger partial charge in [-0.25, -0.2) is 0 Å². The van der Waals surface area contributed by atoms with Gasteiger partial charge in [-0.15, -0.1) is 0 Å². The molecule has 0 radical (unpaired) electrons. The molecule has 47 heavy (non-hydrogen) atoms. The summed E-state index contributed by atoms with van der Waals surface area (Å²) in [6, 6.07) is 0. The summed E-state index contributed by atoms with van der Waals surface area (Å²) >= 11 is 0. The zero-order valence-electron chi connectivity index (χ0n) is 28.7. The number of aliphatic hydroxyl groups excluding tert-OH is 5. The number of carbonyl (C=O) groups excluding carboxylic acids is 1. The van der Waals surface area contributed by atoms with Crippen molar-refractivity contribution in [1.29, 1.82) is 0 Å². The molecule has 5 fully saturated rings. The van der Waals surface area contributed by atoms with Crippen molar-refractivity contribution in [3.8, 4) is 0 Å². The second-order valence-electron chi connectivity index (χ2n) is 17.3. The van der Waals surface area contributed by atoms with Crippen LogP contribution in [0.5, 0.6) is 0 Å². The number of hydrogen-bond acceptors (Lipinski definition) is 10. The van der Waals surface area contributed by atoms with E-state index < -0.39 is 83.1 Å². The third kappa shape index (κ3) is 4.49. The molecule has 266 valence electrons. The smallest absolute Gasteiger partial charge is 0.315 e. The Labute approximate surface area is 277 Å². The molecular formula is C36H56O11. The van der Waals surface area contributed by atoms with E-state index in [1.54, 1.807) is 13.8 Å². The highest BCUT2D eigenvalue weighted by atomic mass is 16.7. The summed E-state index contributed by atoms with van der Waals surface area (Å²) in [6.45, 7) is 11.7. The van der Waals surface area contributed by atoms with Gasteiger partial charge >= 0.3 is 11.9 Å². The van der Waals surface area contributed by atoms with Crippen molar-refractivity contribution in [3.63, 3.8) is 0 Å². The van der Waals surface area contributed by atoms with Crippen LogP contribution in [0.15, 0.2) is 11.6 Å². The molecule has 1 heterocycles. The predicted octanol–water partition coefficient (Wildman–Crippen LogP) is 2.53. The highest BCUT2D eigenvalue weighted by Crippen LogP contribution is 2.76. The van der Waals surface area contributed by atoms with Crippen LogP contribution in [-0.4, -0.2) is 96.7 Å². The van der Waals surface area contributed by atoms with Crippen LogP contribution in [0.3, 0.4) is 0 Å². The number of carboxylic acid groups (broad SMARTS) is 1. The summed E-state index contributed by atoms with van der Waals surface area (Å²) in [5, 5.41) is 74.8. The van der Waals surface area contributed by atoms with Crippen molar-refractivity contribution in [2.75, 3.05) is 6.61 Å². The second-order valence-corrected chi connectivity index (χ2v) is 17.3. The molecular weight excluding hydrogens is 608 g/mol. The highest BCUT2D eigenvalue weighted by molar-refractivity contribution is 5.79. The number of ether oxygens (including phenoxy) is 2. The van der Waals surface area contributed by atoms with E-state index in [9.17, 15) is 45.3 Å². The third-order valence-electron chi connectivity index (χ3n) is 15.6. The molecule has 6 rings (SSSR count). The maximum Gasteiger partial charge on any atom is 0.315 e. The minimum Gasteiger partial charge on any atom is -0.481 e. The number of carbonyl (C=O) groups is 2. The Kier molecular flexibility index (Phi) is 8.40. The van der Waals surface area contributed by atoms with Gasteiger partial charge in [0, 0.05) is 5.92 Å². The number of aliphatic hydroxyl groups is 6. The molecule has 0 spiro atoms. The minimum absolute atomic E-state index is 0.126. The number of rotatable bonds is 4. The minimum atomic E-state index is -1.72. The van der Waals surface area contributed by atoms with Crippen molar-refractivity contribution < 1.29 is 54.8 Å². The normalized spacial score (nSPS) is 55.8. The summed E-state index contributed by atoms with van der Waals surface area (Å²) in [7, 11) is 0. The summed E-state index contributed by atoms with van der Waals surface area (Å²) in [6.07, 6.45) is -1.18. The standard InChI is InChI=1S/C36H56O11/c1-18-9-14-36(30(44)47-28-26(41)25(40)24(39)20(17-37)46-28)16-15-32(3)19(27(36)35(18,6)45)7-8-21-31(2)12-11-23(38)34(5,29(42)43)22(31)10-13-33(21,32)4/h7,18,20-28,37-41,45H,8-17H2,1-6H3,(H,42,43)/t18-,20+,21-,22+,23-,24+,25-,26-,27-,28-,31-,32-,33-,34-,35-,36+/m1/s1. The van der Waals surface area contributed by atoms with Crippen molar-refractivity contribution >= 4 is 11.9 Å². The van der Waals surface area contributed by atoms with Crippen LogP contribution in [0.4, 0.5) is 0 Å². The number of allylic oxidation sites excluding steroid dienone is 1. The van der Waals surface area contributed by atoms with E-state index in [1.165, 1.54) is 0 Å².